The van der Waals surface area contributed by atoms with Gasteiger partial charge in [0.05, 0.1) is 4.90 Å². The standard InChI is InChI=1S/C9H8O2S.C7H12/c1-3-8-5-4-6-9(7-8)12(2,10)11;1-2-6-4-5-7(6)3-1/h1,4-7H,2H3;6-7H,1-5H2. The van der Waals surface area contributed by atoms with E-state index in [2.05, 4.69) is 5.92 Å². The molecule has 102 valence electrons. The third-order valence-electron chi connectivity index (χ3n) is 4.15. The number of hydrogen-bond donors (Lipinski definition) is 0. The van der Waals surface area contributed by atoms with Crippen LogP contribution in [0.2, 0.25) is 0 Å². The van der Waals surface area contributed by atoms with Gasteiger partial charge in [0, 0.05) is 11.8 Å². The van der Waals surface area contributed by atoms with Gasteiger partial charge in [-0.3, -0.25) is 0 Å². The van der Waals surface area contributed by atoms with Gasteiger partial charge in [0.25, 0.3) is 0 Å². The van der Waals surface area contributed by atoms with Crippen LogP contribution in [0.1, 0.15) is 37.7 Å². The maximum Gasteiger partial charge on any atom is 0.175 e. The molecule has 2 unspecified atom stereocenters. The maximum absolute atomic E-state index is 11.0. The Hall–Kier alpha value is -1.27. The maximum atomic E-state index is 11.0. The second kappa shape index (κ2) is 5.79. The summed E-state index contributed by atoms with van der Waals surface area (Å²) in [5.74, 6) is 4.76. The molecule has 0 heterocycles. The van der Waals surface area contributed by atoms with Crippen LogP contribution in [0.4, 0.5) is 0 Å². The van der Waals surface area contributed by atoms with Crippen LogP contribution in [-0.2, 0) is 9.84 Å². The van der Waals surface area contributed by atoms with Gasteiger partial charge in [-0.15, -0.1) is 6.42 Å². The minimum atomic E-state index is -3.13. The Balaban J connectivity index is 0.000000159. The van der Waals surface area contributed by atoms with Crippen molar-refractivity contribution < 1.29 is 8.42 Å². The Kier molecular flexibility index (Phi) is 4.31. The van der Waals surface area contributed by atoms with Gasteiger partial charge in [0.2, 0.25) is 0 Å². The van der Waals surface area contributed by atoms with Gasteiger partial charge in [-0.2, -0.15) is 0 Å². The van der Waals surface area contributed by atoms with Gasteiger partial charge in [0.15, 0.2) is 9.84 Å². The Morgan fingerprint density at radius 2 is 1.79 bits per heavy atom. The molecule has 0 saturated heterocycles. The highest BCUT2D eigenvalue weighted by molar-refractivity contribution is 7.90. The molecule has 0 radical (unpaired) electrons. The van der Waals surface area contributed by atoms with Crippen molar-refractivity contribution in [3.05, 3.63) is 29.8 Å². The average molecular weight is 276 g/mol. The molecule has 3 rings (SSSR count). The first-order valence-corrected chi connectivity index (χ1v) is 8.66. The third-order valence-corrected chi connectivity index (χ3v) is 5.26. The fourth-order valence-corrected chi connectivity index (χ4v) is 3.52. The van der Waals surface area contributed by atoms with Crippen LogP contribution in [0.25, 0.3) is 0 Å². The van der Waals surface area contributed by atoms with Crippen molar-refractivity contribution in [2.24, 2.45) is 11.8 Å². The zero-order valence-corrected chi connectivity index (χ0v) is 12.1. The number of rotatable bonds is 1. The molecule has 0 bridgehead atoms. The largest absolute Gasteiger partial charge is 0.224 e. The predicted molar refractivity (Wildman–Crippen MR) is 77.6 cm³/mol. The first-order chi connectivity index (χ1) is 9.00. The summed E-state index contributed by atoms with van der Waals surface area (Å²) >= 11 is 0. The molecule has 0 aliphatic heterocycles. The second-order valence-electron chi connectivity index (χ2n) is 5.47. The van der Waals surface area contributed by atoms with Crippen molar-refractivity contribution in [3.8, 4) is 12.3 Å². The minimum absolute atomic E-state index is 0.262. The van der Waals surface area contributed by atoms with Crippen LogP contribution in [0.3, 0.4) is 0 Å². The third kappa shape index (κ3) is 3.61. The normalized spacial score (nSPS) is 24.4. The fourth-order valence-electron chi connectivity index (χ4n) is 2.86. The molecule has 0 N–H and O–H groups in total. The molecule has 2 aliphatic carbocycles. The molecule has 2 saturated carbocycles. The molecule has 2 fully saturated rings. The van der Waals surface area contributed by atoms with Crippen molar-refractivity contribution >= 4 is 9.84 Å². The first kappa shape index (κ1) is 14.1. The summed E-state index contributed by atoms with van der Waals surface area (Å²) in [5.41, 5.74) is 0.581. The second-order valence-corrected chi connectivity index (χ2v) is 7.49. The van der Waals surface area contributed by atoms with E-state index in [4.69, 9.17) is 6.42 Å². The Morgan fingerprint density at radius 1 is 1.16 bits per heavy atom. The molecule has 2 nitrogen and oxygen atoms in total. The van der Waals surface area contributed by atoms with Crippen LogP contribution >= 0.6 is 0 Å². The van der Waals surface area contributed by atoms with Crippen LogP contribution in [0.5, 0.6) is 0 Å². The van der Waals surface area contributed by atoms with Gasteiger partial charge in [-0.1, -0.05) is 31.2 Å². The zero-order chi connectivity index (χ0) is 13.9. The predicted octanol–water partition coefficient (Wildman–Crippen LogP) is 3.27. The highest BCUT2D eigenvalue weighted by Gasteiger charge is 2.34. The van der Waals surface area contributed by atoms with Crippen LogP contribution < -0.4 is 0 Å². The highest BCUT2D eigenvalue weighted by Crippen LogP contribution is 2.46. The lowest BCUT2D eigenvalue weighted by Gasteiger charge is -2.29. The molecule has 1 aromatic rings. The quantitative estimate of drug-likeness (QED) is 0.738. The van der Waals surface area contributed by atoms with Crippen molar-refractivity contribution in [2.75, 3.05) is 6.26 Å². The van der Waals surface area contributed by atoms with Gasteiger partial charge < -0.3 is 0 Å². The Labute approximate surface area is 116 Å². The summed E-state index contributed by atoms with van der Waals surface area (Å²) in [6, 6.07) is 6.33. The van der Waals surface area contributed by atoms with Crippen molar-refractivity contribution in [1.82, 2.24) is 0 Å². The highest BCUT2D eigenvalue weighted by atomic mass is 32.2. The smallest absolute Gasteiger partial charge is 0.175 e. The molecule has 19 heavy (non-hydrogen) atoms. The SMILES string of the molecule is C#Cc1cccc(S(C)(=O)=O)c1.C1CC2CCC2C1. The number of sulfone groups is 1. The van der Waals surface area contributed by atoms with Crippen LogP contribution in [0.15, 0.2) is 29.2 Å². The summed E-state index contributed by atoms with van der Waals surface area (Å²) < 4.78 is 22.1. The van der Waals surface area contributed by atoms with E-state index in [1.54, 1.807) is 37.8 Å². The van der Waals surface area contributed by atoms with E-state index in [9.17, 15) is 8.42 Å². The van der Waals surface area contributed by atoms with Crippen molar-refractivity contribution in [3.63, 3.8) is 0 Å². The zero-order valence-electron chi connectivity index (χ0n) is 11.3. The first-order valence-electron chi connectivity index (χ1n) is 6.77. The molecule has 2 atom stereocenters. The van der Waals surface area contributed by atoms with E-state index in [0.29, 0.717) is 5.56 Å². The van der Waals surface area contributed by atoms with E-state index in [1.165, 1.54) is 30.4 Å². The Morgan fingerprint density at radius 3 is 2.21 bits per heavy atom. The summed E-state index contributed by atoms with van der Waals surface area (Å²) in [6.45, 7) is 0. The van der Waals surface area contributed by atoms with Gasteiger partial charge in [-0.25, -0.2) is 8.42 Å². The molecular weight excluding hydrogens is 256 g/mol. The molecule has 0 aromatic heterocycles. The molecule has 2 aliphatic rings. The van der Waals surface area contributed by atoms with Crippen LogP contribution in [-0.4, -0.2) is 14.7 Å². The molecule has 0 amide bonds. The Bertz CT molecular complexity index is 571. The van der Waals surface area contributed by atoms with E-state index < -0.39 is 9.84 Å². The summed E-state index contributed by atoms with van der Waals surface area (Å²) in [5, 5.41) is 0. The van der Waals surface area contributed by atoms with Crippen LogP contribution in [0, 0.1) is 24.2 Å². The number of hydrogen-bond acceptors (Lipinski definition) is 2. The molecular formula is C16H20O2S. The monoisotopic (exact) mass is 276 g/mol. The number of fused-ring (bicyclic) bond motifs is 1. The van der Waals surface area contributed by atoms with E-state index in [0.717, 1.165) is 6.26 Å². The molecule has 3 heteroatoms. The van der Waals surface area contributed by atoms with E-state index in [-0.39, 0.29) is 4.90 Å². The van der Waals surface area contributed by atoms with Gasteiger partial charge >= 0.3 is 0 Å². The minimum Gasteiger partial charge on any atom is -0.224 e. The lowest BCUT2D eigenvalue weighted by Crippen LogP contribution is -2.18. The lowest BCUT2D eigenvalue weighted by atomic mass is 9.77. The summed E-state index contributed by atoms with van der Waals surface area (Å²) in [7, 11) is -3.13. The topological polar surface area (TPSA) is 34.1 Å². The number of terminal acetylenes is 1. The van der Waals surface area contributed by atoms with Gasteiger partial charge in [0.1, 0.15) is 0 Å². The van der Waals surface area contributed by atoms with E-state index >= 15 is 0 Å². The van der Waals surface area contributed by atoms with Gasteiger partial charge in [-0.05, 0) is 42.9 Å². The van der Waals surface area contributed by atoms with E-state index in [1.807, 2.05) is 0 Å². The fraction of sp³-hybridized carbons (Fsp3) is 0.500. The average Bonchev–Trinajstić information content (AvgIpc) is 2.68. The molecule has 1 aromatic carbocycles. The molecule has 0 spiro atoms. The van der Waals surface area contributed by atoms with Crippen molar-refractivity contribution in [1.29, 1.82) is 0 Å². The van der Waals surface area contributed by atoms with Crippen molar-refractivity contribution in [2.45, 2.75) is 37.0 Å². The number of benzene rings is 1. The summed E-state index contributed by atoms with van der Waals surface area (Å²) in [6.07, 6.45) is 14.1. The summed E-state index contributed by atoms with van der Waals surface area (Å²) in [4.78, 5) is 0.262. The lowest BCUT2D eigenvalue weighted by molar-refractivity contribution is 0.219.